The summed E-state index contributed by atoms with van der Waals surface area (Å²) in [5, 5.41) is 4.98. The lowest BCUT2D eigenvalue weighted by Crippen LogP contribution is -2.54. The number of fused-ring (bicyclic) bond motifs is 1. The molecule has 5 rings (SSSR count). The van der Waals surface area contributed by atoms with Crippen molar-refractivity contribution in [1.82, 2.24) is 14.7 Å². The zero-order chi connectivity index (χ0) is 25.6. The number of amides is 2. The molecule has 4 aromatic rings. The van der Waals surface area contributed by atoms with Gasteiger partial charge in [-0.1, -0.05) is 29.4 Å². The molecule has 1 aliphatic heterocycles. The number of anilines is 1. The van der Waals surface area contributed by atoms with E-state index in [1.807, 2.05) is 0 Å². The van der Waals surface area contributed by atoms with E-state index >= 15 is 0 Å². The maximum atomic E-state index is 13.4. The van der Waals surface area contributed by atoms with Gasteiger partial charge in [-0.2, -0.15) is 13.2 Å². The van der Waals surface area contributed by atoms with Gasteiger partial charge in [0.25, 0.3) is 11.8 Å². The van der Waals surface area contributed by atoms with E-state index in [1.165, 1.54) is 34.4 Å². The zero-order valence-electron chi connectivity index (χ0n) is 17.7. The highest BCUT2D eigenvalue weighted by molar-refractivity contribution is 7.99. The lowest BCUT2D eigenvalue weighted by molar-refractivity contribution is -0.137. The van der Waals surface area contributed by atoms with Crippen molar-refractivity contribution in [1.29, 1.82) is 0 Å². The van der Waals surface area contributed by atoms with Gasteiger partial charge in [0.2, 0.25) is 0 Å². The standard InChI is InChI=1S/C23H12ClF3N4O2S3/c24-13-4-6-14(7-5-13)31-20(33)16(18(32)28-21(31)34)11-17-19(29-22-30(17)8-9-35-22)36-15-3-1-2-12(10-15)23(25,26)27/h1-11H,(H,28,32,34). The van der Waals surface area contributed by atoms with E-state index < -0.39 is 23.6 Å². The van der Waals surface area contributed by atoms with E-state index in [0.717, 1.165) is 23.9 Å². The lowest BCUT2D eigenvalue weighted by atomic mass is 10.1. The molecule has 0 atom stereocenters. The minimum Gasteiger partial charge on any atom is -0.298 e. The zero-order valence-corrected chi connectivity index (χ0v) is 21.0. The highest BCUT2D eigenvalue weighted by Gasteiger charge is 2.35. The molecule has 0 radical (unpaired) electrons. The van der Waals surface area contributed by atoms with E-state index in [2.05, 4.69) is 10.3 Å². The predicted octanol–water partition coefficient (Wildman–Crippen LogP) is 6.05. The molecule has 0 bridgehead atoms. The number of aromatic nitrogens is 2. The quantitative estimate of drug-likeness (QED) is 0.186. The Morgan fingerprint density at radius 1 is 1.14 bits per heavy atom. The highest BCUT2D eigenvalue weighted by Crippen LogP contribution is 2.37. The fourth-order valence-corrected chi connectivity index (χ4v) is 5.59. The summed E-state index contributed by atoms with van der Waals surface area (Å²) in [6, 6.07) is 11.2. The Balaban J connectivity index is 1.56. The summed E-state index contributed by atoms with van der Waals surface area (Å²) in [4.78, 5) is 32.7. The van der Waals surface area contributed by atoms with Gasteiger partial charge in [-0.05, 0) is 60.8 Å². The van der Waals surface area contributed by atoms with Gasteiger partial charge in [0, 0.05) is 21.5 Å². The summed E-state index contributed by atoms with van der Waals surface area (Å²) < 4.78 is 41.2. The number of nitrogens with one attached hydrogen (secondary N) is 1. The highest BCUT2D eigenvalue weighted by atomic mass is 35.5. The summed E-state index contributed by atoms with van der Waals surface area (Å²) in [6.45, 7) is 0. The summed E-state index contributed by atoms with van der Waals surface area (Å²) in [6.07, 6.45) is -1.43. The van der Waals surface area contributed by atoms with Crippen LogP contribution in [0.5, 0.6) is 0 Å². The Bertz CT molecular complexity index is 1560. The van der Waals surface area contributed by atoms with Crippen LogP contribution in [-0.4, -0.2) is 26.3 Å². The van der Waals surface area contributed by atoms with Crippen molar-refractivity contribution in [2.75, 3.05) is 4.90 Å². The molecule has 1 N–H and O–H groups in total. The fraction of sp³-hybridized carbons (Fsp3) is 0.0435. The van der Waals surface area contributed by atoms with Crippen LogP contribution in [0, 0.1) is 0 Å². The number of nitrogens with zero attached hydrogens (tertiary/aromatic N) is 3. The second-order valence-corrected chi connectivity index (χ2v) is 10.2. The van der Waals surface area contributed by atoms with Crippen LogP contribution in [0.15, 0.2) is 75.6 Å². The maximum Gasteiger partial charge on any atom is 0.416 e. The molecule has 1 aliphatic rings. The molecular formula is C23H12ClF3N4O2S3. The average molecular weight is 565 g/mol. The second kappa shape index (κ2) is 9.36. The molecule has 36 heavy (non-hydrogen) atoms. The van der Waals surface area contributed by atoms with Crippen molar-refractivity contribution in [2.45, 2.75) is 16.1 Å². The number of alkyl halides is 3. The molecular weight excluding hydrogens is 553 g/mol. The molecule has 13 heteroatoms. The van der Waals surface area contributed by atoms with Crippen LogP contribution in [0.1, 0.15) is 11.3 Å². The van der Waals surface area contributed by atoms with Crippen LogP contribution in [-0.2, 0) is 15.8 Å². The molecule has 6 nitrogen and oxygen atoms in total. The van der Waals surface area contributed by atoms with Gasteiger partial charge in [0.15, 0.2) is 10.1 Å². The smallest absolute Gasteiger partial charge is 0.298 e. The third-order valence-electron chi connectivity index (χ3n) is 5.11. The Kier molecular flexibility index (Phi) is 6.37. The third kappa shape index (κ3) is 4.64. The molecule has 0 aliphatic carbocycles. The molecule has 1 fully saturated rings. The Hall–Kier alpha value is -3.19. The summed E-state index contributed by atoms with van der Waals surface area (Å²) in [5.74, 6) is -1.36. The van der Waals surface area contributed by atoms with E-state index in [4.69, 9.17) is 23.8 Å². The van der Waals surface area contributed by atoms with Gasteiger partial charge in [-0.25, -0.2) is 4.98 Å². The van der Waals surface area contributed by atoms with Gasteiger partial charge in [0.1, 0.15) is 10.6 Å². The molecule has 2 aromatic heterocycles. The van der Waals surface area contributed by atoms with Crippen LogP contribution >= 0.6 is 46.9 Å². The molecule has 0 spiro atoms. The number of hydrogen-bond donors (Lipinski definition) is 1. The normalized spacial score (nSPS) is 15.7. The largest absolute Gasteiger partial charge is 0.416 e. The first-order valence-corrected chi connectivity index (χ1v) is 12.6. The third-order valence-corrected chi connectivity index (χ3v) is 7.39. The van der Waals surface area contributed by atoms with Crippen molar-refractivity contribution in [3.8, 4) is 0 Å². The van der Waals surface area contributed by atoms with Crippen LogP contribution < -0.4 is 10.2 Å². The molecule has 1 saturated heterocycles. The van der Waals surface area contributed by atoms with E-state index in [-0.39, 0.29) is 10.7 Å². The Labute approximate surface area is 220 Å². The van der Waals surface area contributed by atoms with Gasteiger partial charge >= 0.3 is 6.18 Å². The van der Waals surface area contributed by atoms with Crippen molar-refractivity contribution < 1.29 is 22.8 Å². The Morgan fingerprint density at radius 3 is 2.61 bits per heavy atom. The number of thiazole rings is 1. The molecule has 2 aromatic carbocycles. The van der Waals surface area contributed by atoms with Crippen molar-refractivity contribution in [2.24, 2.45) is 0 Å². The lowest BCUT2D eigenvalue weighted by Gasteiger charge is -2.28. The molecule has 3 heterocycles. The van der Waals surface area contributed by atoms with E-state index in [1.54, 1.807) is 40.2 Å². The first-order valence-electron chi connectivity index (χ1n) is 10.1. The average Bonchev–Trinajstić information content (AvgIpc) is 3.39. The predicted molar refractivity (Wildman–Crippen MR) is 136 cm³/mol. The van der Waals surface area contributed by atoms with Crippen LogP contribution in [0.4, 0.5) is 18.9 Å². The fourth-order valence-electron chi connectivity index (χ4n) is 3.46. The molecule has 182 valence electrons. The molecule has 0 unspecified atom stereocenters. The topological polar surface area (TPSA) is 66.7 Å². The summed E-state index contributed by atoms with van der Waals surface area (Å²) >= 11 is 13.5. The van der Waals surface area contributed by atoms with Crippen LogP contribution in [0.25, 0.3) is 11.0 Å². The van der Waals surface area contributed by atoms with Gasteiger partial charge in [0.05, 0.1) is 16.9 Å². The number of carbonyl (C=O) groups is 2. The maximum absolute atomic E-state index is 13.4. The van der Waals surface area contributed by atoms with E-state index in [0.29, 0.717) is 31.3 Å². The van der Waals surface area contributed by atoms with E-state index in [9.17, 15) is 22.8 Å². The first-order chi connectivity index (χ1) is 17.1. The summed E-state index contributed by atoms with van der Waals surface area (Å²) in [7, 11) is 0. The first kappa shape index (κ1) is 24.5. The molecule has 2 amide bonds. The van der Waals surface area contributed by atoms with Crippen molar-refractivity contribution >= 4 is 80.6 Å². The molecule has 0 saturated carbocycles. The Morgan fingerprint density at radius 2 is 1.89 bits per heavy atom. The minimum absolute atomic E-state index is 0.0861. The monoisotopic (exact) mass is 564 g/mol. The van der Waals surface area contributed by atoms with Crippen LogP contribution in [0.2, 0.25) is 5.02 Å². The number of benzene rings is 2. The summed E-state index contributed by atoms with van der Waals surface area (Å²) in [5.41, 5.74) is -0.219. The number of carbonyl (C=O) groups excluding carboxylic acids is 2. The van der Waals surface area contributed by atoms with Crippen molar-refractivity contribution in [3.05, 3.63) is 82.0 Å². The number of hydrogen-bond acceptors (Lipinski definition) is 6. The second-order valence-electron chi connectivity index (χ2n) is 7.42. The number of thiocarbonyl (C=S) groups is 1. The SMILES string of the molecule is O=C1NC(=S)N(c2ccc(Cl)cc2)C(=O)C1=Cc1c(Sc2cccc(C(F)(F)F)c2)nc2sccn12. The van der Waals surface area contributed by atoms with Crippen LogP contribution in [0.3, 0.4) is 0 Å². The van der Waals surface area contributed by atoms with Gasteiger partial charge < -0.3 is 0 Å². The number of imidazole rings is 1. The van der Waals surface area contributed by atoms with Crippen molar-refractivity contribution in [3.63, 3.8) is 0 Å². The minimum atomic E-state index is -4.49. The number of rotatable bonds is 4. The van der Waals surface area contributed by atoms with Gasteiger partial charge in [-0.15, -0.1) is 11.3 Å². The number of halogens is 4. The van der Waals surface area contributed by atoms with Gasteiger partial charge in [-0.3, -0.25) is 24.2 Å².